The summed E-state index contributed by atoms with van der Waals surface area (Å²) >= 11 is 0. The average Bonchev–Trinajstić information content (AvgIpc) is 2.84. The van der Waals surface area contributed by atoms with E-state index in [1.54, 1.807) is 0 Å². The highest BCUT2D eigenvalue weighted by Crippen LogP contribution is 2.39. The summed E-state index contributed by atoms with van der Waals surface area (Å²) in [6.07, 6.45) is 3.85. The van der Waals surface area contributed by atoms with E-state index in [-0.39, 0.29) is 6.61 Å². The minimum Gasteiger partial charge on any atom is -0.392 e. The third-order valence-electron chi connectivity index (χ3n) is 4.80. The lowest BCUT2D eigenvalue weighted by Gasteiger charge is -2.27. The Morgan fingerprint density at radius 1 is 1.28 bits per heavy atom. The monoisotopic (exact) mass is 247 g/mol. The van der Waals surface area contributed by atoms with E-state index in [9.17, 15) is 5.11 Å². The van der Waals surface area contributed by atoms with Crippen LogP contribution in [0.25, 0.3) is 0 Å². The van der Waals surface area contributed by atoms with E-state index < -0.39 is 0 Å². The van der Waals surface area contributed by atoms with Gasteiger partial charge in [0.15, 0.2) is 0 Å². The van der Waals surface area contributed by atoms with Crippen molar-refractivity contribution in [3.8, 4) is 0 Å². The fourth-order valence-electron chi connectivity index (χ4n) is 3.04. The SMILES string of the molecule is CCC1(CC)CCN(c2ccc(CO)c(C)c2)C1. The topological polar surface area (TPSA) is 23.5 Å². The lowest BCUT2D eigenvalue weighted by atomic mass is 9.82. The van der Waals surface area contributed by atoms with Crippen molar-refractivity contribution in [1.82, 2.24) is 0 Å². The van der Waals surface area contributed by atoms with Crippen LogP contribution in [0.15, 0.2) is 18.2 Å². The van der Waals surface area contributed by atoms with Gasteiger partial charge in [-0.3, -0.25) is 0 Å². The molecule has 1 saturated heterocycles. The van der Waals surface area contributed by atoms with Crippen molar-refractivity contribution in [3.05, 3.63) is 29.3 Å². The van der Waals surface area contributed by atoms with E-state index in [4.69, 9.17) is 0 Å². The maximum absolute atomic E-state index is 9.22. The second-order valence-corrected chi connectivity index (χ2v) is 5.65. The van der Waals surface area contributed by atoms with E-state index in [2.05, 4.69) is 43.9 Å². The molecule has 1 aliphatic rings. The zero-order valence-electron chi connectivity index (χ0n) is 11.9. The molecule has 0 saturated carbocycles. The largest absolute Gasteiger partial charge is 0.392 e. The number of aliphatic hydroxyl groups is 1. The smallest absolute Gasteiger partial charge is 0.0684 e. The number of hydrogen-bond acceptors (Lipinski definition) is 2. The first-order valence-electron chi connectivity index (χ1n) is 7.09. The third-order valence-corrected chi connectivity index (χ3v) is 4.80. The van der Waals surface area contributed by atoms with Crippen molar-refractivity contribution in [2.75, 3.05) is 18.0 Å². The summed E-state index contributed by atoms with van der Waals surface area (Å²) in [5, 5.41) is 9.22. The van der Waals surface area contributed by atoms with Crippen LogP contribution in [0, 0.1) is 12.3 Å². The molecule has 0 aliphatic carbocycles. The second-order valence-electron chi connectivity index (χ2n) is 5.65. The van der Waals surface area contributed by atoms with Crippen LogP contribution >= 0.6 is 0 Å². The maximum Gasteiger partial charge on any atom is 0.0684 e. The number of hydrogen-bond donors (Lipinski definition) is 1. The zero-order valence-corrected chi connectivity index (χ0v) is 11.9. The van der Waals surface area contributed by atoms with Crippen LogP contribution < -0.4 is 4.90 Å². The molecule has 1 aliphatic heterocycles. The van der Waals surface area contributed by atoms with E-state index in [0.29, 0.717) is 5.41 Å². The van der Waals surface area contributed by atoms with Gasteiger partial charge in [0.05, 0.1) is 6.61 Å². The molecule has 1 N–H and O–H groups in total. The summed E-state index contributed by atoms with van der Waals surface area (Å²) in [5.74, 6) is 0. The zero-order chi connectivity index (χ0) is 13.2. The van der Waals surface area contributed by atoms with Crippen molar-refractivity contribution in [2.45, 2.75) is 46.6 Å². The number of anilines is 1. The molecule has 0 atom stereocenters. The predicted molar refractivity (Wildman–Crippen MR) is 76.9 cm³/mol. The summed E-state index contributed by atoms with van der Waals surface area (Å²) in [5.41, 5.74) is 4.06. The normalized spacial score (nSPS) is 18.3. The van der Waals surface area contributed by atoms with Crippen molar-refractivity contribution < 1.29 is 5.11 Å². The van der Waals surface area contributed by atoms with Gasteiger partial charge in [-0.2, -0.15) is 0 Å². The summed E-state index contributed by atoms with van der Waals surface area (Å²) in [6, 6.07) is 6.43. The van der Waals surface area contributed by atoms with Gasteiger partial charge in [0.25, 0.3) is 0 Å². The number of aryl methyl sites for hydroxylation is 1. The summed E-state index contributed by atoms with van der Waals surface area (Å²) in [6.45, 7) is 9.19. The fourth-order valence-corrected chi connectivity index (χ4v) is 3.04. The highest BCUT2D eigenvalue weighted by Gasteiger charge is 2.34. The van der Waals surface area contributed by atoms with Gasteiger partial charge in [0.1, 0.15) is 0 Å². The number of rotatable bonds is 4. The quantitative estimate of drug-likeness (QED) is 0.880. The lowest BCUT2D eigenvalue weighted by Crippen LogP contribution is -2.26. The Bertz CT molecular complexity index is 410. The summed E-state index contributed by atoms with van der Waals surface area (Å²) in [4.78, 5) is 2.50. The maximum atomic E-state index is 9.22. The first kappa shape index (κ1) is 13.4. The van der Waals surface area contributed by atoms with Crippen LogP contribution in [0.3, 0.4) is 0 Å². The first-order valence-corrected chi connectivity index (χ1v) is 7.09. The van der Waals surface area contributed by atoms with E-state index in [1.165, 1.54) is 43.6 Å². The Labute approximate surface area is 111 Å². The van der Waals surface area contributed by atoms with Gasteiger partial charge in [0, 0.05) is 18.8 Å². The number of aliphatic hydroxyl groups excluding tert-OH is 1. The van der Waals surface area contributed by atoms with Crippen LogP contribution in [-0.2, 0) is 6.61 Å². The molecular formula is C16H25NO. The molecule has 1 aromatic carbocycles. The Morgan fingerprint density at radius 3 is 2.50 bits per heavy atom. The molecule has 0 radical (unpaired) electrons. The van der Waals surface area contributed by atoms with Crippen molar-refractivity contribution in [3.63, 3.8) is 0 Å². The molecule has 1 aromatic rings. The second kappa shape index (κ2) is 5.31. The van der Waals surface area contributed by atoms with Crippen LogP contribution in [-0.4, -0.2) is 18.2 Å². The molecular weight excluding hydrogens is 222 g/mol. The molecule has 2 heteroatoms. The Hall–Kier alpha value is -1.02. The summed E-state index contributed by atoms with van der Waals surface area (Å²) < 4.78 is 0. The lowest BCUT2D eigenvalue weighted by molar-refractivity contribution is 0.281. The molecule has 1 heterocycles. The van der Waals surface area contributed by atoms with Gasteiger partial charge in [0.2, 0.25) is 0 Å². The molecule has 100 valence electrons. The molecule has 0 unspecified atom stereocenters. The van der Waals surface area contributed by atoms with Crippen LogP contribution in [0.5, 0.6) is 0 Å². The van der Waals surface area contributed by atoms with Crippen LogP contribution in [0.1, 0.15) is 44.2 Å². The van der Waals surface area contributed by atoms with Gasteiger partial charge < -0.3 is 10.0 Å². The van der Waals surface area contributed by atoms with Gasteiger partial charge in [-0.25, -0.2) is 0 Å². The molecule has 0 spiro atoms. The average molecular weight is 247 g/mol. The minimum absolute atomic E-state index is 0.139. The molecule has 2 rings (SSSR count). The van der Waals surface area contributed by atoms with E-state index in [1.807, 2.05) is 0 Å². The standard InChI is InChI=1S/C16H25NO/c1-4-16(5-2)8-9-17(12-16)15-7-6-14(11-18)13(3)10-15/h6-7,10,18H,4-5,8-9,11-12H2,1-3H3. The summed E-state index contributed by atoms with van der Waals surface area (Å²) in [7, 11) is 0. The highest BCUT2D eigenvalue weighted by atomic mass is 16.3. The van der Waals surface area contributed by atoms with E-state index >= 15 is 0 Å². The van der Waals surface area contributed by atoms with Crippen LogP contribution in [0.2, 0.25) is 0 Å². The minimum atomic E-state index is 0.139. The van der Waals surface area contributed by atoms with Gasteiger partial charge in [-0.15, -0.1) is 0 Å². The number of nitrogens with zero attached hydrogens (tertiary/aromatic N) is 1. The Balaban J connectivity index is 2.17. The highest BCUT2D eigenvalue weighted by molar-refractivity contribution is 5.51. The Kier molecular flexibility index (Phi) is 3.96. The van der Waals surface area contributed by atoms with E-state index in [0.717, 1.165) is 5.56 Å². The van der Waals surface area contributed by atoms with Crippen molar-refractivity contribution >= 4 is 5.69 Å². The predicted octanol–water partition coefficient (Wildman–Crippen LogP) is 3.50. The fraction of sp³-hybridized carbons (Fsp3) is 0.625. The van der Waals surface area contributed by atoms with Gasteiger partial charge in [-0.05, 0) is 54.9 Å². The van der Waals surface area contributed by atoms with Crippen molar-refractivity contribution in [1.29, 1.82) is 0 Å². The van der Waals surface area contributed by atoms with Crippen LogP contribution in [0.4, 0.5) is 5.69 Å². The third kappa shape index (κ3) is 2.39. The molecule has 0 bridgehead atoms. The molecule has 1 fully saturated rings. The number of benzene rings is 1. The molecule has 0 aromatic heterocycles. The Morgan fingerprint density at radius 2 is 2.00 bits per heavy atom. The molecule has 18 heavy (non-hydrogen) atoms. The molecule has 2 nitrogen and oxygen atoms in total. The molecule has 0 amide bonds. The van der Waals surface area contributed by atoms with Gasteiger partial charge in [-0.1, -0.05) is 19.9 Å². The first-order chi connectivity index (χ1) is 8.64. The van der Waals surface area contributed by atoms with Crippen molar-refractivity contribution in [2.24, 2.45) is 5.41 Å². The van der Waals surface area contributed by atoms with Gasteiger partial charge >= 0.3 is 0 Å².